The summed E-state index contributed by atoms with van der Waals surface area (Å²) < 4.78 is 30.1. The highest BCUT2D eigenvalue weighted by Crippen LogP contribution is 2.32. The molecule has 1 fully saturated rings. The molecule has 0 aliphatic carbocycles. The Morgan fingerprint density at radius 2 is 2.18 bits per heavy atom. The van der Waals surface area contributed by atoms with Crippen molar-refractivity contribution < 1.29 is 13.5 Å². The monoisotopic (exact) mass is 259 g/mol. The fraction of sp³-hybridized carbons (Fsp3) is 0.500. The van der Waals surface area contributed by atoms with Gasteiger partial charge in [0.25, 0.3) is 5.76 Å². The Labute approximate surface area is 104 Å². The van der Waals surface area contributed by atoms with Crippen molar-refractivity contribution in [2.45, 2.75) is 29.5 Å². The highest BCUT2D eigenvalue weighted by Gasteiger charge is 2.16. The van der Waals surface area contributed by atoms with E-state index in [0.29, 0.717) is 23.3 Å². The third kappa shape index (κ3) is 3.85. The first kappa shape index (κ1) is 12.6. The molecule has 0 amide bonds. The molecule has 1 atom stereocenters. The molecule has 0 aromatic heterocycles. The molecule has 1 N–H and O–H groups in total. The van der Waals surface area contributed by atoms with Gasteiger partial charge < -0.3 is 10.1 Å². The summed E-state index contributed by atoms with van der Waals surface area (Å²) in [4.78, 5) is 0.591. The van der Waals surface area contributed by atoms with Gasteiger partial charge in [0.2, 0.25) is 0 Å². The summed E-state index contributed by atoms with van der Waals surface area (Å²) in [7, 11) is 0. The van der Waals surface area contributed by atoms with Gasteiger partial charge in [-0.15, -0.1) is 0 Å². The largest absolute Gasteiger partial charge is 0.379 e. The Morgan fingerprint density at radius 3 is 2.88 bits per heavy atom. The number of nitrogens with one attached hydrogen (secondary N) is 1. The average molecular weight is 259 g/mol. The topological polar surface area (TPSA) is 21.3 Å². The van der Waals surface area contributed by atoms with Crippen LogP contribution in [-0.4, -0.2) is 25.0 Å². The van der Waals surface area contributed by atoms with Crippen LogP contribution in [0.15, 0.2) is 29.2 Å². The minimum absolute atomic E-state index is 0.225. The zero-order valence-corrected chi connectivity index (χ0v) is 10.2. The van der Waals surface area contributed by atoms with E-state index < -0.39 is 5.76 Å². The molecular formula is C12H15F2NOS. The number of hydrogen-bond acceptors (Lipinski definition) is 3. The minimum atomic E-state index is -2.39. The third-order valence-electron chi connectivity index (χ3n) is 2.62. The van der Waals surface area contributed by atoms with Gasteiger partial charge in [-0.05, 0) is 25.0 Å². The maximum Gasteiger partial charge on any atom is 0.288 e. The quantitative estimate of drug-likeness (QED) is 0.835. The maximum atomic E-state index is 12.4. The lowest BCUT2D eigenvalue weighted by Gasteiger charge is -2.25. The van der Waals surface area contributed by atoms with Crippen LogP contribution in [0.5, 0.6) is 0 Å². The highest BCUT2D eigenvalue weighted by molar-refractivity contribution is 7.99. The molecule has 2 nitrogen and oxygen atoms in total. The molecule has 1 aliphatic heterocycles. The van der Waals surface area contributed by atoms with Crippen LogP contribution in [0.1, 0.15) is 12.8 Å². The first-order valence-corrected chi connectivity index (χ1v) is 6.52. The summed E-state index contributed by atoms with van der Waals surface area (Å²) in [5.41, 5.74) is 0.772. The van der Waals surface area contributed by atoms with Crippen LogP contribution in [0.3, 0.4) is 0 Å². The second-order valence-electron chi connectivity index (χ2n) is 3.93. The molecule has 0 radical (unpaired) electrons. The lowest BCUT2D eigenvalue weighted by molar-refractivity contribution is 0.0875. The number of ether oxygens (including phenoxy) is 1. The van der Waals surface area contributed by atoms with Gasteiger partial charge in [0.15, 0.2) is 0 Å². The first-order valence-electron chi connectivity index (χ1n) is 5.64. The minimum Gasteiger partial charge on any atom is -0.379 e. The Bertz CT molecular complexity index is 356. The zero-order chi connectivity index (χ0) is 12.1. The van der Waals surface area contributed by atoms with Crippen LogP contribution in [0.2, 0.25) is 0 Å². The van der Waals surface area contributed by atoms with E-state index in [0.717, 1.165) is 25.1 Å². The number of thioether (sulfide) groups is 1. The van der Waals surface area contributed by atoms with Crippen LogP contribution >= 0.6 is 11.8 Å². The molecule has 1 saturated heterocycles. The molecule has 17 heavy (non-hydrogen) atoms. The molecule has 94 valence electrons. The number of anilines is 1. The zero-order valence-electron chi connectivity index (χ0n) is 9.36. The lowest BCUT2D eigenvalue weighted by Crippen LogP contribution is -2.30. The van der Waals surface area contributed by atoms with Crippen LogP contribution < -0.4 is 5.32 Å². The van der Waals surface area contributed by atoms with Crippen LogP contribution in [0, 0.1) is 0 Å². The number of alkyl halides is 2. The number of para-hydroxylation sites is 1. The summed E-state index contributed by atoms with van der Waals surface area (Å²) in [6.07, 6.45) is 2.04. The summed E-state index contributed by atoms with van der Waals surface area (Å²) in [6, 6.07) is 7.39. The molecule has 1 aromatic rings. The number of halogens is 2. The fourth-order valence-electron chi connectivity index (χ4n) is 1.86. The smallest absolute Gasteiger partial charge is 0.288 e. The molecule has 1 heterocycles. The molecule has 0 bridgehead atoms. The highest BCUT2D eigenvalue weighted by atomic mass is 32.2. The van der Waals surface area contributed by atoms with Crippen LogP contribution in [0.4, 0.5) is 14.5 Å². The van der Waals surface area contributed by atoms with E-state index in [9.17, 15) is 8.78 Å². The Morgan fingerprint density at radius 1 is 1.35 bits per heavy atom. The van der Waals surface area contributed by atoms with Gasteiger partial charge in [0, 0.05) is 23.2 Å². The normalized spacial score (nSPS) is 20.5. The SMILES string of the molecule is FC(F)Sc1ccccc1NC1CCCOC1. The maximum absolute atomic E-state index is 12.4. The molecule has 2 rings (SSSR count). The van der Waals surface area contributed by atoms with E-state index in [-0.39, 0.29) is 6.04 Å². The van der Waals surface area contributed by atoms with E-state index in [1.165, 1.54) is 0 Å². The van der Waals surface area contributed by atoms with Crippen LogP contribution in [-0.2, 0) is 4.74 Å². The van der Waals surface area contributed by atoms with Crippen molar-refractivity contribution in [3.05, 3.63) is 24.3 Å². The molecule has 1 unspecified atom stereocenters. The van der Waals surface area contributed by atoms with Crippen molar-refractivity contribution in [2.24, 2.45) is 0 Å². The number of hydrogen-bond donors (Lipinski definition) is 1. The van der Waals surface area contributed by atoms with Crippen molar-refractivity contribution in [1.29, 1.82) is 0 Å². The summed E-state index contributed by atoms with van der Waals surface area (Å²) >= 11 is 0.577. The second kappa shape index (κ2) is 6.21. The summed E-state index contributed by atoms with van der Waals surface area (Å²) in [5.74, 6) is -2.39. The van der Waals surface area contributed by atoms with Gasteiger partial charge in [0.05, 0.1) is 6.61 Å². The van der Waals surface area contributed by atoms with Crippen molar-refractivity contribution in [1.82, 2.24) is 0 Å². The molecular weight excluding hydrogens is 244 g/mol. The predicted octanol–water partition coefficient (Wildman–Crippen LogP) is 3.59. The second-order valence-corrected chi connectivity index (χ2v) is 4.96. The van der Waals surface area contributed by atoms with E-state index in [1.54, 1.807) is 12.1 Å². The van der Waals surface area contributed by atoms with E-state index >= 15 is 0 Å². The van der Waals surface area contributed by atoms with E-state index in [1.807, 2.05) is 12.1 Å². The Hall–Kier alpha value is -0.810. The van der Waals surface area contributed by atoms with Gasteiger partial charge in [-0.3, -0.25) is 0 Å². The van der Waals surface area contributed by atoms with Gasteiger partial charge in [-0.2, -0.15) is 8.78 Å². The standard InChI is InChI=1S/C12H15F2NOS/c13-12(14)17-11-6-2-1-5-10(11)15-9-4-3-7-16-8-9/h1-2,5-6,9,12,15H,3-4,7-8H2. The first-order chi connectivity index (χ1) is 8.25. The summed E-state index contributed by atoms with van der Waals surface area (Å²) in [5, 5.41) is 3.28. The molecule has 0 spiro atoms. The summed E-state index contributed by atoms with van der Waals surface area (Å²) in [6.45, 7) is 1.44. The lowest BCUT2D eigenvalue weighted by atomic mass is 10.1. The van der Waals surface area contributed by atoms with Gasteiger partial charge in [0.1, 0.15) is 0 Å². The molecule has 1 aromatic carbocycles. The third-order valence-corrected chi connectivity index (χ3v) is 3.41. The Kier molecular flexibility index (Phi) is 4.62. The van der Waals surface area contributed by atoms with E-state index in [4.69, 9.17) is 4.74 Å². The predicted molar refractivity (Wildman–Crippen MR) is 65.8 cm³/mol. The molecule has 0 saturated carbocycles. The van der Waals surface area contributed by atoms with Crippen LogP contribution in [0.25, 0.3) is 0 Å². The van der Waals surface area contributed by atoms with Gasteiger partial charge in [-0.25, -0.2) is 0 Å². The Balaban J connectivity index is 2.03. The fourth-order valence-corrected chi connectivity index (χ4v) is 2.46. The molecule has 1 aliphatic rings. The van der Waals surface area contributed by atoms with Crippen molar-refractivity contribution in [3.8, 4) is 0 Å². The number of rotatable bonds is 4. The molecule has 5 heteroatoms. The van der Waals surface area contributed by atoms with Gasteiger partial charge in [-0.1, -0.05) is 23.9 Å². The number of benzene rings is 1. The average Bonchev–Trinajstić information content (AvgIpc) is 2.32. The van der Waals surface area contributed by atoms with Gasteiger partial charge >= 0.3 is 0 Å². The van der Waals surface area contributed by atoms with Crippen molar-refractivity contribution >= 4 is 17.4 Å². The van der Waals surface area contributed by atoms with Crippen molar-refractivity contribution in [3.63, 3.8) is 0 Å². The van der Waals surface area contributed by atoms with E-state index in [2.05, 4.69) is 5.32 Å². The van der Waals surface area contributed by atoms with Crippen molar-refractivity contribution in [2.75, 3.05) is 18.5 Å².